The van der Waals surface area contributed by atoms with Gasteiger partial charge < -0.3 is 4.79 Å². The topological polar surface area (TPSA) is 17.1 Å². The molecule has 0 fully saturated rings. The number of hydrogen-bond donors (Lipinski definition) is 0. The van der Waals surface area contributed by atoms with Crippen LogP contribution in [-0.4, -0.2) is 12.7 Å². The highest BCUT2D eigenvalue weighted by molar-refractivity contribution is 9.10. The molecule has 0 amide bonds. The van der Waals surface area contributed by atoms with Gasteiger partial charge in [0.2, 0.25) is 6.43 Å². The molecule has 0 aliphatic heterocycles. The van der Waals surface area contributed by atoms with Crippen molar-refractivity contribution in [2.45, 2.75) is 32.1 Å². The molecule has 7 heteroatoms. The third-order valence-corrected chi connectivity index (χ3v) is 5.44. The smallest absolute Gasteiger partial charge is 0.239 e. The van der Waals surface area contributed by atoms with Crippen molar-refractivity contribution in [1.29, 1.82) is 0 Å². The first-order valence-electron chi connectivity index (χ1n) is 7.44. The first kappa shape index (κ1) is 22.6. The molecule has 2 aromatic rings. The van der Waals surface area contributed by atoms with Crippen molar-refractivity contribution in [3.05, 3.63) is 66.5 Å². The summed E-state index contributed by atoms with van der Waals surface area (Å²) in [7, 11) is 0. The molecule has 0 saturated carbocycles. The van der Waals surface area contributed by atoms with E-state index in [4.69, 9.17) is 23.2 Å². The van der Waals surface area contributed by atoms with E-state index >= 15 is 0 Å². The summed E-state index contributed by atoms with van der Waals surface area (Å²) in [4.78, 5) is 10.1. The van der Waals surface area contributed by atoms with E-state index in [0.717, 1.165) is 26.4 Å². The molecule has 2 rings (SSSR count). The van der Waals surface area contributed by atoms with Gasteiger partial charge in [0, 0.05) is 31.8 Å². The number of aldehydes is 1. The zero-order valence-electron chi connectivity index (χ0n) is 13.1. The lowest BCUT2D eigenvalue weighted by Gasteiger charge is -2.05. The predicted molar refractivity (Wildman–Crippen MR) is 107 cm³/mol. The SMILES string of the molecule is FC(F)CCc1c(Cl)cccc1Br.O=CCCc1c(Cl)cccc1Br. The molecule has 25 heavy (non-hydrogen) atoms. The van der Waals surface area contributed by atoms with Crippen molar-refractivity contribution in [3.63, 3.8) is 0 Å². The molecule has 0 unspecified atom stereocenters. The van der Waals surface area contributed by atoms with E-state index in [9.17, 15) is 13.6 Å². The fourth-order valence-corrected chi connectivity index (χ4v) is 3.89. The van der Waals surface area contributed by atoms with Gasteiger partial charge in [0.15, 0.2) is 0 Å². The van der Waals surface area contributed by atoms with Crippen LogP contribution in [0, 0.1) is 0 Å². The fraction of sp³-hybridized carbons (Fsp3) is 0.278. The first-order valence-corrected chi connectivity index (χ1v) is 9.78. The van der Waals surface area contributed by atoms with Gasteiger partial charge in [-0.2, -0.15) is 0 Å². The van der Waals surface area contributed by atoms with Crippen LogP contribution in [0.15, 0.2) is 45.3 Å². The van der Waals surface area contributed by atoms with E-state index in [0.29, 0.717) is 29.3 Å². The van der Waals surface area contributed by atoms with Crippen LogP contribution in [0.2, 0.25) is 10.0 Å². The lowest BCUT2D eigenvalue weighted by atomic mass is 10.1. The van der Waals surface area contributed by atoms with Gasteiger partial charge in [-0.3, -0.25) is 0 Å². The second-order valence-electron chi connectivity index (χ2n) is 5.04. The number of carbonyl (C=O) groups is 1. The second kappa shape index (κ2) is 12.0. The molecule has 0 saturated heterocycles. The third-order valence-electron chi connectivity index (χ3n) is 3.25. The van der Waals surface area contributed by atoms with Crippen molar-refractivity contribution in [2.24, 2.45) is 0 Å². The minimum absolute atomic E-state index is 0.150. The van der Waals surface area contributed by atoms with Crippen LogP contribution in [0.1, 0.15) is 24.0 Å². The highest BCUT2D eigenvalue weighted by atomic mass is 79.9. The van der Waals surface area contributed by atoms with Crippen molar-refractivity contribution in [2.75, 3.05) is 0 Å². The maximum absolute atomic E-state index is 11.9. The summed E-state index contributed by atoms with van der Waals surface area (Å²) in [6.45, 7) is 0. The maximum atomic E-state index is 11.9. The molecule has 2 aromatic carbocycles. The molecular formula is C18H16Br2Cl2F2O. The number of carbonyl (C=O) groups excluding carboxylic acids is 1. The van der Waals surface area contributed by atoms with Crippen molar-refractivity contribution in [3.8, 4) is 0 Å². The average molecular weight is 517 g/mol. The molecule has 136 valence electrons. The van der Waals surface area contributed by atoms with Crippen LogP contribution in [-0.2, 0) is 17.6 Å². The highest BCUT2D eigenvalue weighted by Gasteiger charge is 2.08. The molecule has 0 aliphatic carbocycles. The second-order valence-corrected chi connectivity index (χ2v) is 7.56. The van der Waals surface area contributed by atoms with Crippen molar-refractivity contribution in [1.82, 2.24) is 0 Å². The Morgan fingerprint density at radius 1 is 0.920 bits per heavy atom. The maximum Gasteiger partial charge on any atom is 0.239 e. The Kier molecular flexibility index (Phi) is 10.8. The molecule has 0 N–H and O–H groups in total. The largest absolute Gasteiger partial charge is 0.303 e. The minimum Gasteiger partial charge on any atom is -0.303 e. The quantitative estimate of drug-likeness (QED) is 0.362. The van der Waals surface area contributed by atoms with Crippen molar-refractivity contribution >= 4 is 61.3 Å². The molecule has 0 aromatic heterocycles. The molecular weight excluding hydrogens is 501 g/mol. The molecule has 0 aliphatic rings. The lowest BCUT2D eigenvalue weighted by molar-refractivity contribution is -0.107. The Balaban J connectivity index is 0.000000251. The summed E-state index contributed by atoms with van der Waals surface area (Å²) in [5, 5.41) is 1.25. The van der Waals surface area contributed by atoms with Gasteiger partial charge in [-0.05, 0) is 48.2 Å². The van der Waals surface area contributed by atoms with E-state index < -0.39 is 6.43 Å². The Morgan fingerprint density at radius 2 is 1.40 bits per heavy atom. The van der Waals surface area contributed by atoms with E-state index in [-0.39, 0.29) is 6.42 Å². The summed E-state index contributed by atoms with van der Waals surface area (Å²) in [5.74, 6) is 0. The molecule has 0 bridgehead atoms. The van der Waals surface area contributed by atoms with E-state index in [1.165, 1.54) is 0 Å². The Morgan fingerprint density at radius 3 is 1.80 bits per heavy atom. The minimum atomic E-state index is -2.27. The molecule has 0 atom stereocenters. The summed E-state index contributed by atoms with van der Waals surface area (Å²) < 4.78 is 25.6. The van der Waals surface area contributed by atoms with Crippen molar-refractivity contribution < 1.29 is 13.6 Å². The molecule has 0 heterocycles. The average Bonchev–Trinajstić information content (AvgIpc) is 2.54. The molecule has 0 radical (unpaired) electrons. The van der Waals surface area contributed by atoms with Gasteiger partial charge in [0.05, 0.1) is 0 Å². The zero-order chi connectivity index (χ0) is 18.8. The van der Waals surface area contributed by atoms with E-state index in [1.807, 2.05) is 18.2 Å². The number of hydrogen-bond acceptors (Lipinski definition) is 1. The normalized spacial score (nSPS) is 10.4. The highest BCUT2D eigenvalue weighted by Crippen LogP contribution is 2.27. The van der Waals surface area contributed by atoms with Crippen LogP contribution >= 0.6 is 55.1 Å². The molecule has 1 nitrogen and oxygen atoms in total. The van der Waals surface area contributed by atoms with E-state index in [1.54, 1.807) is 18.2 Å². The van der Waals surface area contributed by atoms with Gasteiger partial charge in [-0.1, -0.05) is 67.2 Å². The summed E-state index contributed by atoms with van der Waals surface area (Å²) in [6, 6.07) is 10.9. The number of benzene rings is 2. The van der Waals surface area contributed by atoms with Crippen LogP contribution < -0.4 is 0 Å². The number of rotatable bonds is 6. The van der Waals surface area contributed by atoms with Crippen LogP contribution in [0.5, 0.6) is 0 Å². The Labute approximate surface area is 173 Å². The summed E-state index contributed by atoms with van der Waals surface area (Å²) in [5.41, 5.74) is 1.76. The summed E-state index contributed by atoms with van der Waals surface area (Å²) in [6.07, 6.45) is -0.00885. The van der Waals surface area contributed by atoms with Gasteiger partial charge >= 0.3 is 0 Å². The third kappa shape index (κ3) is 8.16. The fourth-order valence-electron chi connectivity index (χ4n) is 2.00. The standard InChI is InChI=1S/C9H8BrClF2.C9H8BrClO/c10-7-2-1-3-8(11)6(7)4-5-9(12)13;10-8-4-1-5-9(11)7(8)3-2-6-12/h1-3,9H,4-5H2;1,4-6H,2-3H2. The predicted octanol–water partition coefficient (Wildman–Crippen LogP) is 7.53. The summed E-state index contributed by atoms with van der Waals surface area (Å²) >= 11 is 18.4. The Hall–Kier alpha value is -0.490. The van der Waals surface area contributed by atoms with Crippen LogP contribution in [0.25, 0.3) is 0 Å². The number of alkyl halides is 2. The van der Waals surface area contributed by atoms with Crippen LogP contribution in [0.3, 0.4) is 0 Å². The van der Waals surface area contributed by atoms with Crippen LogP contribution in [0.4, 0.5) is 8.78 Å². The van der Waals surface area contributed by atoms with Gasteiger partial charge in [-0.25, -0.2) is 8.78 Å². The first-order chi connectivity index (χ1) is 11.9. The van der Waals surface area contributed by atoms with E-state index in [2.05, 4.69) is 31.9 Å². The lowest BCUT2D eigenvalue weighted by Crippen LogP contribution is -1.95. The van der Waals surface area contributed by atoms with Gasteiger partial charge in [0.1, 0.15) is 6.29 Å². The molecule has 0 spiro atoms. The monoisotopic (exact) mass is 514 g/mol. The van der Waals surface area contributed by atoms with Gasteiger partial charge in [-0.15, -0.1) is 0 Å². The number of halogens is 6. The Bertz CT molecular complexity index is 656. The van der Waals surface area contributed by atoms with Gasteiger partial charge in [0.25, 0.3) is 0 Å². The zero-order valence-corrected chi connectivity index (χ0v) is 17.8.